The maximum atomic E-state index is 14.6. The molecule has 0 unspecified atom stereocenters. The van der Waals surface area contributed by atoms with Gasteiger partial charge in [0.15, 0.2) is 0 Å². The van der Waals surface area contributed by atoms with Gasteiger partial charge in [0.25, 0.3) is 10.0 Å². The fraction of sp³-hybridized carbons (Fsp3) is 0.316. The lowest BCUT2D eigenvalue weighted by molar-refractivity contribution is -0.140. The van der Waals surface area contributed by atoms with Crippen LogP contribution in [-0.4, -0.2) is 44.3 Å². The van der Waals surface area contributed by atoms with Gasteiger partial charge in [-0.2, -0.15) is 0 Å². The predicted octanol–water partition coefficient (Wildman–Crippen LogP) is 6.67. The number of sulfonamides is 1. The fourth-order valence-electron chi connectivity index (χ4n) is 5.50. The van der Waals surface area contributed by atoms with Gasteiger partial charge in [0.2, 0.25) is 11.8 Å². The minimum atomic E-state index is -4.15. The molecule has 7 nitrogen and oxygen atoms in total. The smallest absolute Gasteiger partial charge is 0.264 e. The normalized spacial score (nSPS) is 11.9. The van der Waals surface area contributed by atoms with Gasteiger partial charge in [-0.1, -0.05) is 109 Å². The van der Waals surface area contributed by atoms with Gasteiger partial charge < -0.3 is 10.2 Å². The van der Waals surface area contributed by atoms with Gasteiger partial charge in [-0.05, 0) is 69.0 Å². The summed E-state index contributed by atoms with van der Waals surface area (Å²) in [4.78, 5) is 30.2. The highest BCUT2D eigenvalue weighted by Gasteiger charge is 2.35. The Morgan fingerprint density at radius 3 is 2.07 bits per heavy atom. The van der Waals surface area contributed by atoms with Gasteiger partial charge in [-0.3, -0.25) is 13.9 Å². The Bertz CT molecular complexity index is 1740. The van der Waals surface area contributed by atoms with Crippen LogP contribution in [0.15, 0.2) is 102 Å². The molecule has 1 N–H and O–H groups in total. The molecule has 0 fully saturated rings. The number of hydrogen-bond acceptors (Lipinski definition) is 4. The summed E-state index contributed by atoms with van der Waals surface area (Å²) in [6, 6.07) is 28.6. The Balaban J connectivity index is 1.81. The number of carbonyl (C=O) groups excluding carboxylic acids is 2. The van der Waals surface area contributed by atoms with Crippen molar-refractivity contribution in [3.8, 4) is 0 Å². The molecule has 8 heteroatoms. The fourth-order valence-corrected chi connectivity index (χ4v) is 6.98. The predicted molar refractivity (Wildman–Crippen MR) is 185 cm³/mol. The number of unbranched alkanes of at least 4 members (excludes halogenated alkanes) is 1. The van der Waals surface area contributed by atoms with E-state index in [-0.39, 0.29) is 23.8 Å². The number of amides is 2. The van der Waals surface area contributed by atoms with Crippen LogP contribution in [0, 0.1) is 27.7 Å². The molecule has 242 valence electrons. The Morgan fingerprint density at radius 2 is 1.41 bits per heavy atom. The summed E-state index contributed by atoms with van der Waals surface area (Å²) in [5, 5.41) is 3.03. The van der Waals surface area contributed by atoms with E-state index in [0.29, 0.717) is 12.2 Å². The molecule has 0 heterocycles. The van der Waals surface area contributed by atoms with Crippen LogP contribution >= 0.6 is 0 Å². The number of hydrogen-bond donors (Lipinski definition) is 1. The molecule has 0 saturated heterocycles. The molecule has 0 bridgehead atoms. The van der Waals surface area contributed by atoms with Gasteiger partial charge >= 0.3 is 0 Å². The Kier molecular flexibility index (Phi) is 11.8. The van der Waals surface area contributed by atoms with Crippen molar-refractivity contribution in [2.24, 2.45) is 0 Å². The van der Waals surface area contributed by atoms with Crippen molar-refractivity contribution in [2.75, 3.05) is 17.4 Å². The van der Waals surface area contributed by atoms with E-state index in [4.69, 9.17) is 0 Å². The standard InChI is InChI=1S/C38H45N3O4S/c1-6-7-22-39-38(43)36(25-32-13-9-8-10-14-32)40(26-33-15-11-12-29(3)24-33)37(42)27-41(35-21-18-30(4)23-31(35)5)46(44,45)34-19-16-28(2)17-20-34/h8-21,23-24,36H,6-7,22,25-27H2,1-5H3,(H,39,43)/t36-/m0/s1. The van der Waals surface area contributed by atoms with Crippen LogP contribution in [0.2, 0.25) is 0 Å². The molecule has 4 rings (SSSR count). The van der Waals surface area contributed by atoms with Crippen LogP contribution in [0.25, 0.3) is 0 Å². The van der Waals surface area contributed by atoms with Gasteiger partial charge in [-0.25, -0.2) is 8.42 Å². The molecule has 0 aliphatic rings. The third-order valence-corrected chi connectivity index (χ3v) is 9.82. The molecule has 0 aliphatic heterocycles. The zero-order chi connectivity index (χ0) is 33.3. The summed E-state index contributed by atoms with van der Waals surface area (Å²) in [6.45, 7) is 9.86. The van der Waals surface area contributed by atoms with E-state index >= 15 is 0 Å². The van der Waals surface area contributed by atoms with E-state index in [1.54, 1.807) is 35.2 Å². The molecule has 0 spiro atoms. The second-order valence-corrected chi connectivity index (χ2v) is 13.8. The van der Waals surface area contributed by atoms with Crippen molar-refractivity contribution in [3.63, 3.8) is 0 Å². The Labute approximate surface area is 274 Å². The van der Waals surface area contributed by atoms with Crippen LogP contribution in [-0.2, 0) is 32.6 Å². The summed E-state index contributed by atoms with van der Waals surface area (Å²) in [6.07, 6.45) is 2.01. The van der Waals surface area contributed by atoms with Crippen LogP contribution in [0.5, 0.6) is 0 Å². The highest BCUT2D eigenvalue weighted by molar-refractivity contribution is 7.92. The zero-order valence-electron chi connectivity index (χ0n) is 27.5. The number of benzene rings is 4. The number of nitrogens with zero attached hydrogens (tertiary/aromatic N) is 2. The van der Waals surface area contributed by atoms with E-state index < -0.39 is 28.5 Å². The lowest BCUT2D eigenvalue weighted by Crippen LogP contribution is -2.53. The van der Waals surface area contributed by atoms with Crippen molar-refractivity contribution in [2.45, 2.75) is 71.4 Å². The summed E-state index contributed by atoms with van der Waals surface area (Å²) in [5.74, 6) is -0.735. The first-order valence-corrected chi connectivity index (χ1v) is 17.3. The van der Waals surface area contributed by atoms with Gasteiger partial charge in [0.1, 0.15) is 12.6 Å². The highest BCUT2D eigenvalue weighted by Crippen LogP contribution is 2.29. The largest absolute Gasteiger partial charge is 0.354 e. The molecular formula is C38H45N3O4S. The minimum absolute atomic E-state index is 0.0919. The molecule has 0 radical (unpaired) electrons. The SMILES string of the molecule is CCCCNC(=O)[C@H](Cc1ccccc1)N(Cc1cccc(C)c1)C(=O)CN(c1ccc(C)cc1C)S(=O)(=O)c1ccc(C)cc1. The summed E-state index contributed by atoms with van der Waals surface area (Å²) >= 11 is 0. The Morgan fingerprint density at radius 1 is 0.761 bits per heavy atom. The number of carbonyl (C=O) groups is 2. The first-order chi connectivity index (χ1) is 22.0. The van der Waals surface area contributed by atoms with Crippen molar-refractivity contribution < 1.29 is 18.0 Å². The summed E-state index contributed by atoms with van der Waals surface area (Å²) in [5.41, 5.74) is 5.83. The third-order valence-electron chi connectivity index (χ3n) is 8.04. The third kappa shape index (κ3) is 8.85. The molecular weight excluding hydrogens is 595 g/mol. The molecule has 4 aromatic carbocycles. The first kappa shape index (κ1) is 34.4. The van der Waals surface area contributed by atoms with E-state index in [2.05, 4.69) is 12.2 Å². The molecule has 0 saturated carbocycles. The number of anilines is 1. The molecule has 46 heavy (non-hydrogen) atoms. The summed E-state index contributed by atoms with van der Waals surface area (Å²) in [7, 11) is -4.15. The van der Waals surface area contributed by atoms with Crippen molar-refractivity contribution in [1.82, 2.24) is 10.2 Å². The van der Waals surface area contributed by atoms with E-state index in [1.807, 2.05) is 94.4 Å². The Hall–Kier alpha value is -4.43. The van der Waals surface area contributed by atoms with Crippen LogP contribution in [0.1, 0.15) is 53.1 Å². The van der Waals surface area contributed by atoms with Crippen molar-refractivity contribution in [3.05, 3.63) is 130 Å². The van der Waals surface area contributed by atoms with Gasteiger partial charge in [0.05, 0.1) is 10.6 Å². The van der Waals surface area contributed by atoms with Crippen LogP contribution < -0.4 is 9.62 Å². The van der Waals surface area contributed by atoms with E-state index in [9.17, 15) is 18.0 Å². The zero-order valence-corrected chi connectivity index (χ0v) is 28.3. The molecule has 2 amide bonds. The first-order valence-electron chi connectivity index (χ1n) is 15.8. The quantitative estimate of drug-likeness (QED) is 0.156. The van der Waals surface area contributed by atoms with E-state index in [0.717, 1.165) is 46.2 Å². The monoisotopic (exact) mass is 639 g/mol. The summed E-state index contributed by atoms with van der Waals surface area (Å²) < 4.78 is 29.8. The average molecular weight is 640 g/mol. The molecule has 0 aromatic heterocycles. The minimum Gasteiger partial charge on any atom is -0.354 e. The number of nitrogens with one attached hydrogen (secondary N) is 1. The van der Waals surface area contributed by atoms with Gasteiger partial charge in [-0.15, -0.1) is 0 Å². The number of rotatable bonds is 14. The topological polar surface area (TPSA) is 86.8 Å². The maximum Gasteiger partial charge on any atom is 0.264 e. The highest BCUT2D eigenvalue weighted by atomic mass is 32.2. The van der Waals surface area contributed by atoms with Crippen molar-refractivity contribution in [1.29, 1.82) is 0 Å². The van der Waals surface area contributed by atoms with Crippen LogP contribution in [0.4, 0.5) is 5.69 Å². The maximum absolute atomic E-state index is 14.6. The van der Waals surface area contributed by atoms with Crippen LogP contribution in [0.3, 0.4) is 0 Å². The molecule has 1 atom stereocenters. The second kappa shape index (κ2) is 15.7. The molecule has 0 aliphatic carbocycles. The molecule has 4 aromatic rings. The lowest BCUT2D eigenvalue weighted by atomic mass is 10.0. The number of aryl methyl sites for hydroxylation is 4. The van der Waals surface area contributed by atoms with Gasteiger partial charge in [0, 0.05) is 19.5 Å². The lowest BCUT2D eigenvalue weighted by Gasteiger charge is -2.34. The van der Waals surface area contributed by atoms with E-state index in [1.165, 1.54) is 4.31 Å². The van der Waals surface area contributed by atoms with Crippen molar-refractivity contribution >= 4 is 27.5 Å². The average Bonchev–Trinajstić information content (AvgIpc) is 3.02. The second-order valence-electron chi connectivity index (χ2n) is 12.0.